The molecule has 1 radical (unpaired) electrons. The van der Waals surface area contributed by atoms with Crippen molar-refractivity contribution in [2.45, 2.75) is 12.7 Å². The highest BCUT2D eigenvalue weighted by molar-refractivity contribution is 8.08. The van der Waals surface area contributed by atoms with E-state index in [1.165, 1.54) is 7.05 Å². The fraction of sp³-hybridized carbons (Fsp3) is 0.417. The zero-order valence-corrected chi connectivity index (χ0v) is 13.0. The van der Waals surface area contributed by atoms with Crippen LogP contribution in [0.15, 0.2) is 24.3 Å². The second-order valence-electron chi connectivity index (χ2n) is 3.94. The highest BCUT2D eigenvalue weighted by Gasteiger charge is 2.20. The third-order valence-electron chi connectivity index (χ3n) is 2.33. The molecule has 0 saturated heterocycles. The molecule has 8 heteroatoms. The number of carbonyl (C=O) groups is 1. The highest BCUT2D eigenvalue weighted by Crippen LogP contribution is 2.20. The Morgan fingerprint density at radius 1 is 1.45 bits per heavy atom. The van der Waals surface area contributed by atoms with Crippen molar-refractivity contribution in [2.75, 3.05) is 19.4 Å². The number of nitrogens with one attached hydrogen (secondary N) is 1. The van der Waals surface area contributed by atoms with Gasteiger partial charge >= 0.3 is 0 Å². The van der Waals surface area contributed by atoms with E-state index in [0.29, 0.717) is 17.9 Å². The quantitative estimate of drug-likeness (QED) is 0.674. The lowest BCUT2D eigenvalue weighted by molar-refractivity contribution is -0.116. The molecule has 1 aromatic rings. The highest BCUT2D eigenvalue weighted by atomic mass is 32.3. The van der Waals surface area contributed by atoms with E-state index in [0.717, 1.165) is 15.7 Å². The first-order valence-electron chi connectivity index (χ1n) is 5.91. The van der Waals surface area contributed by atoms with E-state index in [9.17, 15) is 13.2 Å². The van der Waals surface area contributed by atoms with Crippen LogP contribution in [0.1, 0.15) is 12.5 Å². The standard InChI is InChI=1S/C12H17N2O4S2/c1-3-18-11-6-4-5-10(7-11)9-20(16,17)14(2)19-8-12(13)15/h4-7,13H,3,8-9H2,1-2H3. The molecule has 0 aromatic heterocycles. The maximum Gasteiger partial charge on any atom is 0.249 e. The van der Waals surface area contributed by atoms with Crippen molar-refractivity contribution in [2.24, 2.45) is 0 Å². The Morgan fingerprint density at radius 2 is 2.15 bits per heavy atom. The average molecular weight is 317 g/mol. The Morgan fingerprint density at radius 3 is 2.75 bits per heavy atom. The number of carbonyl (C=O) groups excluding carboxylic acids is 1. The SMILES string of the molecule is CCOc1cccc(CS(=O)(=O)N(C)SCC([NH])=O)c1. The lowest BCUT2D eigenvalue weighted by atomic mass is 10.2. The van der Waals surface area contributed by atoms with Gasteiger partial charge < -0.3 is 4.74 Å². The van der Waals surface area contributed by atoms with Crippen molar-refractivity contribution in [1.29, 1.82) is 0 Å². The van der Waals surface area contributed by atoms with Crippen LogP contribution in [0.4, 0.5) is 0 Å². The lowest BCUT2D eigenvalue weighted by Crippen LogP contribution is -2.23. The van der Waals surface area contributed by atoms with E-state index in [4.69, 9.17) is 10.5 Å². The first-order valence-corrected chi connectivity index (χ1v) is 8.46. The fourth-order valence-corrected chi connectivity index (χ4v) is 3.46. The van der Waals surface area contributed by atoms with Gasteiger partial charge in [-0.3, -0.25) is 10.5 Å². The Bertz CT molecular complexity index is 560. The van der Waals surface area contributed by atoms with Crippen LogP contribution in [-0.2, 0) is 20.6 Å². The average Bonchev–Trinajstić information content (AvgIpc) is 2.36. The second kappa shape index (κ2) is 7.51. The zero-order chi connectivity index (χ0) is 15.2. The molecule has 0 aliphatic rings. The van der Waals surface area contributed by atoms with Crippen molar-refractivity contribution >= 4 is 27.9 Å². The maximum absolute atomic E-state index is 12.1. The van der Waals surface area contributed by atoms with Gasteiger partial charge in [-0.1, -0.05) is 24.1 Å². The van der Waals surface area contributed by atoms with Crippen molar-refractivity contribution in [1.82, 2.24) is 9.44 Å². The molecule has 0 bridgehead atoms. The molecule has 1 rings (SSSR count). The van der Waals surface area contributed by atoms with Crippen molar-refractivity contribution < 1.29 is 17.9 Å². The van der Waals surface area contributed by atoms with Gasteiger partial charge in [-0.05, 0) is 24.6 Å². The van der Waals surface area contributed by atoms with Gasteiger partial charge in [-0.2, -0.15) is 0 Å². The molecule has 1 amide bonds. The van der Waals surface area contributed by atoms with Gasteiger partial charge in [0.2, 0.25) is 15.9 Å². The molecule has 111 valence electrons. The summed E-state index contributed by atoms with van der Waals surface area (Å²) in [5.74, 6) is -0.551. The minimum atomic E-state index is -3.54. The Hall–Kier alpha value is -1.25. The van der Waals surface area contributed by atoms with Crippen LogP contribution in [-0.4, -0.2) is 37.4 Å². The third-order valence-corrected chi connectivity index (χ3v) is 5.56. The molecule has 0 spiro atoms. The van der Waals surface area contributed by atoms with Gasteiger partial charge in [0.1, 0.15) is 5.75 Å². The predicted molar refractivity (Wildman–Crippen MR) is 78.6 cm³/mol. The van der Waals surface area contributed by atoms with E-state index in [1.807, 2.05) is 6.92 Å². The molecular weight excluding hydrogens is 300 g/mol. The topological polar surface area (TPSA) is 87.5 Å². The molecule has 0 heterocycles. The smallest absolute Gasteiger partial charge is 0.249 e. The predicted octanol–water partition coefficient (Wildman–Crippen LogP) is 1.30. The van der Waals surface area contributed by atoms with E-state index < -0.39 is 15.9 Å². The van der Waals surface area contributed by atoms with Crippen molar-refractivity contribution in [3.8, 4) is 5.75 Å². The molecule has 6 nitrogen and oxygen atoms in total. The first kappa shape index (κ1) is 16.8. The van der Waals surface area contributed by atoms with Crippen LogP contribution in [0.2, 0.25) is 0 Å². The second-order valence-corrected chi connectivity index (χ2v) is 7.27. The number of ether oxygens (including phenoxy) is 1. The summed E-state index contributed by atoms with van der Waals surface area (Å²) >= 11 is 0.802. The third kappa shape index (κ3) is 5.40. The summed E-state index contributed by atoms with van der Waals surface area (Å²) < 4.78 is 30.5. The molecular formula is C12H17N2O4S2. The summed E-state index contributed by atoms with van der Waals surface area (Å²) in [6.07, 6.45) is 0. The number of benzene rings is 1. The first-order chi connectivity index (χ1) is 9.35. The van der Waals surface area contributed by atoms with Crippen molar-refractivity contribution in [3.05, 3.63) is 29.8 Å². The lowest BCUT2D eigenvalue weighted by Gasteiger charge is -2.15. The summed E-state index contributed by atoms with van der Waals surface area (Å²) in [6, 6.07) is 6.87. The zero-order valence-electron chi connectivity index (χ0n) is 11.3. The number of rotatable bonds is 8. The number of nitrogens with zero attached hydrogens (tertiary/aromatic N) is 1. The van der Waals surface area contributed by atoms with E-state index in [-0.39, 0.29) is 11.5 Å². The molecule has 0 aliphatic carbocycles. The van der Waals surface area contributed by atoms with Crippen LogP contribution in [0.3, 0.4) is 0 Å². The minimum Gasteiger partial charge on any atom is -0.494 e. The number of hydrogen-bond donors (Lipinski definition) is 0. The molecule has 1 N–H and O–H groups in total. The Labute approximate surface area is 123 Å². The number of sulfonamides is 1. The van der Waals surface area contributed by atoms with E-state index >= 15 is 0 Å². The van der Waals surface area contributed by atoms with Crippen LogP contribution in [0.5, 0.6) is 5.75 Å². The summed E-state index contributed by atoms with van der Waals surface area (Å²) in [5, 5.41) is 0. The summed E-state index contributed by atoms with van der Waals surface area (Å²) in [6.45, 7) is 2.36. The van der Waals surface area contributed by atoms with E-state index in [2.05, 4.69) is 0 Å². The van der Waals surface area contributed by atoms with E-state index in [1.54, 1.807) is 24.3 Å². The summed E-state index contributed by atoms with van der Waals surface area (Å²) in [7, 11) is -2.17. The minimum absolute atomic E-state index is 0.177. The van der Waals surface area contributed by atoms with Gasteiger partial charge in [0.25, 0.3) is 0 Å². The van der Waals surface area contributed by atoms with Gasteiger partial charge in [0.05, 0.1) is 18.1 Å². The molecule has 0 atom stereocenters. The van der Waals surface area contributed by atoms with Crippen LogP contribution in [0, 0.1) is 0 Å². The van der Waals surface area contributed by atoms with Crippen LogP contribution < -0.4 is 10.5 Å². The largest absolute Gasteiger partial charge is 0.494 e. The normalized spacial score (nSPS) is 11.6. The molecule has 0 fully saturated rings. The molecule has 0 aliphatic heterocycles. The number of hydrogen-bond acceptors (Lipinski definition) is 5. The molecule has 20 heavy (non-hydrogen) atoms. The Kier molecular flexibility index (Phi) is 6.31. The summed E-state index contributed by atoms with van der Waals surface area (Å²) in [4.78, 5) is 10.6. The van der Waals surface area contributed by atoms with Gasteiger partial charge in [0, 0.05) is 7.05 Å². The number of amides is 1. The van der Waals surface area contributed by atoms with Crippen LogP contribution >= 0.6 is 11.9 Å². The fourth-order valence-electron chi connectivity index (χ4n) is 1.42. The van der Waals surface area contributed by atoms with Gasteiger partial charge in [-0.15, -0.1) is 3.71 Å². The summed E-state index contributed by atoms with van der Waals surface area (Å²) in [5.41, 5.74) is 7.38. The van der Waals surface area contributed by atoms with Crippen molar-refractivity contribution in [3.63, 3.8) is 0 Å². The van der Waals surface area contributed by atoms with Crippen LogP contribution in [0.25, 0.3) is 0 Å². The maximum atomic E-state index is 12.1. The monoisotopic (exact) mass is 317 g/mol. The van der Waals surface area contributed by atoms with Gasteiger partial charge in [-0.25, -0.2) is 8.42 Å². The van der Waals surface area contributed by atoms with Gasteiger partial charge in [0.15, 0.2) is 0 Å². The molecule has 0 saturated carbocycles. The molecule has 1 aromatic carbocycles. The Balaban J connectivity index is 2.74. The molecule has 0 unspecified atom stereocenters.